The van der Waals surface area contributed by atoms with Crippen molar-refractivity contribution in [2.75, 3.05) is 19.8 Å². The predicted octanol–water partition coefficient (Wildman–Crippen LogP) is 1.58. The molecule has 0 spiro atoms. The third-order valence-electron chi connectivity index (χ3n) is 3.13. The summed E-state index contributed by atoms with van der Waals surface area (Å²) in [7, 11) is 0. The number of carboxylic acids is 1. The summed E-state index contributed by atoms with van der Waals surface area (Å²) in [5.74, 6) is -0.796. The zero-order chi connectivity index (χ0) is 14.7. The Morgan fingerprint density at radius 1 is 1.60 bits per heavy atom. The van der Waals surface area contributed by atoms with Gasteiger partial charge in [-0.2, -0.15) is 0 Å². The summed E-state index contributed by atoms with van der Waals surface area (Å²) >= 11 is 1.37. The molecule has 0 aromatic carbocycles. The molecule has 1 aliphatic rings. The van der Waals surface area contributed by atoms with Gasteiger partial charge in [0.15, 0.2) is 0 Å². The number of nitrogens with zero attached hydrogens (tertiary/aromatic N) is 2. The molecule has 1 saturated heterocycles. The molecule has 2 rings (SSSR count). The lowest BCUT2D eigenvalue weighted by Crippen LogP contribution is -2.49. The summed E-state index contributed by atoms with van der Waals surface area (Å²) < 4.78 is 5.27. The quantitative estimate of drug-likeness (QED) is 0.913. The molecule has 0 aliphatic carbocycles. The van der Waals surface area contributed by atoms with Crippen molar-refractivity contribution in [1.82, 2.24) is 9.88 Å². The monoisotopic (exact) mass is 298 g/mol. The Bertz CT molecular complexity index is 500. The summed E-state index contributed by atoms with van der Waals surface area (Å²) in [6, 6.07) is -0.404. The fraction of sp³-hybridized carbons (Fsp3) is 0.615. The minimum absolute atomic E-state index is 0.0957. The number of hydrogen-bond acceptors (Lipinski definition) is 5. The van der Waals surface area contributed by atoms with Crippen LogP contribution in [0.5, 0.6) is 0 Å². The molecule has 1 fully saturated rings. The average molecular weight is 298 g/mol. The van der Waals surface area contributed by atoms with Crippen molar-refractivity contribution in [1.29, 1.82) is 0 Å². The van der Waals surface area contributed by atoms with Crippen LogP contribution in [0, 0.1) is 0 Å². The highest BCUT2D eigenvalue weighted by molar-refractivity contribution is 7.13. The van der Waals surface area contributed by atoms with Gasteiger partial charge in [-0.05, 0) is 0 Å². The normalized spacial score (nSPS) is 19.4. The number of aliphatic carboxylic acids is 1. The van der Waals surface area contributed by atoms with Gasteiger partial charge < -0.3 is 14.7 Å². The highest BCUT2D eigenvalue weighted by atomic mass is 32.1. The fourth-order valence-electron chi connectivity index (χ4n) is 2.09. The molecule has 7 heteroatoms. The zero-order valence-electron chi connectivity index (χ0n) is 11.5. The van der Waals surface area contributed by atoms with E-state index in [2.05, 4.69) is 4.98 Å². The van der Waals surface area contributed by atoms with Crippen LogP contribution in [0.3, 0.4) is 0 Å². The number of carboxylic acid groups (broad SMARTS) is 1. The SMILES string of the molecule is CC(C)c1ncc(C(=O)N2CCOCC2CC(=O)O)s1. The number of carbonyl (C=O) groups excluding carboxylic acids is 1. The molecule has 1 aromatic heterocycles. The summed E-state index contributed by atoms with van der Waals surface area (Å²) in [5.41, 5.74) is 0. The van der Waals surface area contributed by atoms with Gasteiger partial charge in [0, 0.05) is 12.5 Å². The topological polar surface area (TPSA) is 79.7 Å². The number of thiazole rings is 1. The molecule has 20 heavy (non-hydrogen) atoms. The van der Waals surface area contributed by atoms with Crippen LogP contribution in [0.1, 0.15) is 40.9 Å². The average Bonchev–Trinajstić information content (AvgIpc) is 2.87. The summed E-state index contributed by atoms with van der Waals surface area (Å²) in [6.07, 6.45) is 1.48. The van der Waals surface area contributed by atoms with Gasteiger partial charge >= 0.3 is 5.97 Å². The van der Waals surface area contributed by atoms with Crippen molar-refractivity contribution in [3.63, 3.8) is 0 Å². The summed E-state index contributed by atoms with van der Waals surface area (Å²) in [6.45, 7) is 5.18. The van der Waals surface area contributed by atoms with E-state index in [9.17, 15) is 9.59 Å². The number of amides is 1. The zero-order valence-corrected chi connectivity index (χ0v) is 12.4. The van der Waals surface area contributed by atoms with Gasteiger partial charge in [0.1, 0.15) is 4.88 Å². The van der Waals surface area contributed by atoms with Crippen LogP contribution in [0.4, 0.5) is 0 Å². The second kappa shape index (κ2) is 6.32. The van der Waals surface area contributed by atoms with Crippen LogP contribution in [0.25, 0.3) is 0 Å². The summed E-state index contributed by atoms with van der Waals surface area (Å²) in [5, 5.41) is 9.82. The molecule has 0 bridgehead atoms. The number of rotatable bonds is 4. The first kappa shape index (κ1) is 14.9. The Morgan fingerprint density at radius 2 is 2.35 bits per heavy atom. The van der Waals surface area contributed by atoms with Crippen molar-refractivity contribution >= 4 is 23.2 Å². The van der Waals surface area contributed by atoms with Gasteiger partial charge in [-0.25, -0.2) is 4.98 Å². The Hall–Kier alpha value is -1.47. The lowest BCUT2D eigenvalue weighted by Gasteiger charge is -2.34. The van der Waals surface area contributed by atoms with E-state index < -0.39 is 12.0 Å². The fourth-order valence-corrected chi connectivity index (χ4v) is 2.96. The Labute approximate surface area is 121 Å². The highest BCUT2D eigenvalue weighted by Gasteiger charge is 2.30. The maximum absolute atomic E-state index is 12.5. The highest BCUT2D eigenvalue weighted by Crippen LogP contribution is 2.24. The molecule has 1 aromatic rings. The van der Waals surface area contributed by atoms with Gasteiger partial charge in [0.25, 0.3) is 5.91 Å². The van der Waals surface area contributed by atoms with Gasteiger partial charge in [-0.1, -0.05) is 13.8 Å². The van der Waals surface area contributed by atoms with Crippen LogP contribution >= 0.6 is 11.3 Å². The lowest BCUT2D eigenvalue weighted by molar-refractivity contribution is -0.139. The van der Waals surface area contributed by atoms with E-state index in [4.69, 9.17) is 9.84 Å². The van der Waals surface area contributed by atoms with Gasteiger partial charge in [0.2, 0.25) is 0 Å². The minimum Gasteiger partial charge on any atom is -0.481 e. The smallest absolute Gasteiger partial charge is 0.305 e. The van der Waals surface area contributed by atoms with Crippen LogP contribution in [-0.2, 0) is 9.53 Å². The number of ether oxygens (including phenoxy) is 1. The first-order valence-corrected chi connectivity index (χ1v) is 7.37. The first-order valence-electron chi connectivity index (χ1n) is 6.55. The molecule has 110 valence electrons. The van der Waals surface area contributed by atoms with Crippen molar-refractivity contribution in [3.8, 4) is 0 Å². The van der Waals surface area contributed by atoms with E-state index in [1.165, 1.54) is 11.3 Å². The van der Waals surface area contributed by atoms with E-state index in [1.54, 1.807) is 11.1 Å². The molecule has 0 saturated carbocycles. The van der Waals surface area contributed by atoms with E-state index in [-0.39, 0.29) is 24.9 Å². The molecule has 1 amide bonds. The molecule has 1 N–H and O–H groups in total. The van der Waals surface area contributed by atoms with E-state index in [0.717, 1.165) is 5.01 Å². The molecule has 6 nitrogen and oxygen atoms in total. The van der Waals surface area contributed by atoms with E-state index >= 15 is 0 Å². The third-order valence-corrected chi connectivity index (χ3v) is 4.41. The van der Waals surface area contributed by atoms with Crippen LogP contribution < -0.4 is 0 Å². The second-order valence-electron chi connectivity index (χ2n) is 5.04. The maximum atomic E-state index is 12.5. The van der Waals surface area contributed by atoms with Gasteiger partial charge in [-0.15, -0.1) is 11.3 Å². The van der Waals surface area contributed by atoms with Crippen molar-refractivity contribution < 1.29 is 19.4 Å². The standard InChI is InChI=1S/C13H18N2O4S/c1-8(2)12-14-6-10(20-12)13(18)15-3-4-19-7-9(15)5-11(16)17/h6,8-9H,3-5,7H2,1-2H3,(H,16,17). The largest absolute Gasteiger partial charge is 0.481 e. The molecule has 1 atom stereocenters. The van der Waals surface area contributed by atoms with Crippen molar-refractivity contribution in [2.45, 2.75) is 32.2 Å². The predicted molar refractivity (Wildman–Crippen MR) is 74.1 cm³/mol. The first-order chi connectivity index (χ1) is 9.49. The third kappa shape index (κ3) is 3.34. The Balaban J connectivity index is 2.13. The molecule has 1 unspecified atom stereocenters. The van der Waals surface area contributed by atoms with Crippen LogP contribution in [0.15, 0.2) is 6.20 Å². The number of carbonyl (C=O) groups is 2. The summed E-state index contributed by atoms with van der Waals surface area (Å²) in [4.78, 5) is 29.7. The lowest BCUT2D eigenvalue weighted by atomic mass is 10.1. The van der Waals surface area contributed by atoms with E-state index in [0.29, 0.717) is 18.0 Å². The van der Waals surface area contributed by atoms with Gasteiger partial charge in [-0.3, -0.25) is 9.59 Å². The molecule has 1 aliphatic heterocycles. The maximum Gasteiger partial charge on any atom is 0.305 e. The number of hydrogen-bond donors (Lipinski definition) is 1. The number of morpholine rings is 1. The van der Waals surface area contributed by atoms with Crippen LogP contribution in [0.2, 0.25) is 0 Å². The van der Waals surface area contributed by atoms with Crippen LogP contribution in [-0.4, -0.2) is 52.7 Å². The second-order valence-corrected chi connectivity index (χ2v) is 6.10. The molecular formula is C13H18N2O4S. The number of aromatic nitrogens is 1. The molecular weight excluding hydrogens is 280 g/mol. The van der Waals surface area contributed by atoms with Crippen molar-refractivity contribution in [3.05, 3.63) is 16.1 Å². The van der Waals surface area contributed by atoms with Gasteiger partial charge in [0.05, 0.1) is 36.9 Å². The Kier molecular flexibility index (Phi) is 4.72. The van der Waals surface area contributed by atoms with Crippen molar-refractivity contribution in [2.24, 2.45) is 0 Å². The minimum atomic E-state index is -0.925. The molecule has 2 heterocycles. The Morgan fingerprint density at radius 3 is 2.95 bits per heavy atom. The molecule has 0 radical (unpaired) electrons. The van der Waals surface area contributed by atoms with E-state index in [1.807, 2.05) is 13.8 Å².